The second-order valence-corrected chi connectivity index (χ2v) is 5.58. The maximum Gasteiger partial charge on any atom is 0.216 e. The lowest BCUT2D eigenvalue weighted by molar-refractivity contribution is -0.119. The van der Waals surface area contributed by atoms with E-state index in [0.29, 0.717) is 5.92 Å². The molecular formula is C16H20FN3O. The number of likely N-dealkylation sites (tertiary alicyclic amines) is 1. The van der Waals surface area contributed by atoms with Gasteiger partial charge in [-0.2, -0.15) is 5.26 Å². The molecule has 0 aromatic heterocycles. The zero-order valence-corrected chi connectivity index (χ0v) is 12.2. The van der Waals surface area contributed by atoms with Gasteiger partial charge in [0.2, 0.25) is 5.91 Å². The van der Waals surface area contributed by atoms with E-state index >= 15 is 0 Å². The fraction of sp³-hybridized carbons (Fsp3) is 0.500. The summed E-state index contributed by atoms with van der Waals surface area (Å²) in [5.74, 6) is 0.0936. The molecule has 0 spiro atoms. The number of nitrogens with zero attached hydrogens (tertiary/aromatic N) is 2. The van der Waals surface area contributed by atoms with E-state index in [0.717, 1.165) is 44.6 Å². The molecule has 0 radical (unpaired) electrons. The van der Waals surface area contributed by atoms with Crippen molar-refractivity contribution in [3.8, 4) is 6.07 Å². The van der Waals surface area contributed by atoms with Crippen LogP contribution >= 0.6 is 0 Å². The smallest absolute Gasteiger partial charge is 0.216 e. The molecule has 0 aliphatic carbocycles. The molecule has 1 N–H and O–H groups in total. The summed E-state index contributed by atoms with van der Waals surface area (Å²) in [6.07, 6.45) is 2.10. The van der Waals surface area contributed by atoms with Gasteiger partial charge in [0.15, 0.2) is 0 Å². The van der Waals surface area contributed by atoms with Gasteiger partial charge in [0, 0.05) is 20.0 Å². The van der Waals surface area contributed by atoms with Crippen molar-refractivity contribution in [3.63, 3.8) is 0 Å². The number of nitrogens with one attached hydrogen (secondary N) is 1. The van der Waals surface area contributed by atoms with Crippen molar-refractivity contribution in [2.45, 2.75) is 26.3 Å². The lowest BCUT2D eigenvalue weighted by atomic mass is 9.96. The number of hydrogen-bond donors (Lipinski definition) is 1. The first-order chi connectivity index (χ1) is 10.1. The van der Waals surface area contributed by atoms with Crippen molar-refractivity contribution in [2.24, 2.45) is 5.92 Å². The number of carbonyl (C=O) groups excluding carboxylic acids is 1. The lowest BCUT2D eigenvalue weighted by Crippen LogP contribution is -2.37. The molecule has 1 heterocycles. The van der Waals surface area contributed by atoms with Gasteiger partial charge in [0.25, 0.3) is 0 Å². The van der Waals surface area contributed by atoms with Crippen molar-refractivity contribution in [1.29, 1.82) is 5.26 Å². The summed E-state index contributed by atoms with van der Waals surface area (Å²) in [6.45, 7) is 4.95. The van der Waals surface area contributed by atoms with Crippen LogP contribution in [-0.4, -0.2) is 30.4 Å². The fourth-order valence-electron chi connectivity index (χ4n) is 2.65. The largest absolute Gasteiger partial charge is 0.356 e. The molecule has 4 nitrogen and oxygen atoms in total. The molecule has 0 saturated carbocycles. The average Bonchev–Trinajstić information content (AvgIpc) is 2.48. The van der Waals surface area contributed by atoms with Gasteiger partial charge in [-0.1, -0.05) is 6.07 Å². The minimum Gasteiger partial charge on any atom is -0.356 e. The Kier molecular flexibility index (Phi) is 5.29. The van der Waals surface area contributed by atoms with E-state index < -0.39 is 5.82 Å². The molecular weight excluding hydrogens is 269 g/mol. The van der Waals surface area contributed by atoms with E-state index in [1.54, 1.807) is 12.1 Å². The molecule has 0 unspecified atom stereocenters. The van der Waals surface area contributed by atoms with Crippen LogP contribution in [0.5, 0.6) is 0 Å². The van der Waals surface area contributed by atoms with E-state index in [2.05, 4.69) is 10.2 Å². The second kappa shape index (κ2) is 7.19. The van der Waals surface area contributed by atoms with Gasteiger partial charge in [-0.15, -0.1) is 0 Å². The summed E-state index contributed by atoms with van der Waals surface area (Å²) >= 11 is 0. The highest BCUT2D eigenvalue weighted by molar-refractivity contribution is 5.72. The highest BCUT2D eigenvalue weighted by atomic mass is 19.1. The molecule has 1 aromatic carbocycles. The van der Waals surface area contributed by atoms with Crippen molar-refractivity contribution < 1.29 is 9.18 Å². The summed E-state index contributed by atoms with van der Waals surface area (Å²) in [5.41, 5.74) is 1.07. The number of nitriles is 1. The molecule has 1 aliphatic rings. The molecule has 0 bridgehead atoms. The second-order valence-electron chi connectivity index (χ2n) is 5.58. The molecule has 1 aromatic rings. The SMILES string of the molecule is CC(=O)NCC1CCN(Cc2ccc(F)c(C#N)c2)CC1. The molecule has 0 atom stereocenters. The maximum absolute atomic E-state index is 13.3. The number of carbonyl (C=O) groups is 1. The number of rotatable bonds is 4. The third-order valence-electron chi connectivity index (χ3n) is 3.90. The minimum absolute atomic E-state index is 0.0211. The highest BCUT2D eigenvalue weighted by Gasteiger charge is 2.19. The number of hydrogen-bond acceptors (Lipinski definition) is 3. The Balaban J connectivity index is 1.83. The number of halogens is 1. The third kappa shape index (κ3) is 4.54. The van der Waals surface area contributed by atoms with Gasteiger partial charge in [-0.25, -0.2) is 4.39 Å². The summed E-state index contributed by atoms with van der Waals surface area (Å²) < 4.78 is 13.3. The fourth-order valence-corrected chi connectivity index (χ4v) is 2.65. The lowest BCUT2D eigenvalue weighted by Gasteiger charge is -2.32. The maximum atomic E-state index is 13.3. The van der Waals surface area contributed by atoms with E-state index in [9.17, 15) is 9.18 Å². The van der Waals surface area contributed by atoms with Gasteiger partial charge in [-0.3, -0.25) is 9.69 Å². The Morgan fingerprint density at radius 1 is 1.48 bits per heavy atom. The van der Waals surface area contributed by atoms with E-state index in [4.69, 9.17) is 5.26 Å². The third-order valence-corrected chi connectivity index (χ3v) is 3.90. The van der Waals surface area contributed by atoms with E-state index in [1.807, 2.05) is 6.07 Å². The molecule has 1 amide bonds. The molecule has 1 aliphatic heterocycles. The average molecular weight is 289 g/mol. The first-order valence-corrected chi connectivity index (χ1v) is 7.24. The summed E-state index contributed by atoms with van der Waals surface area (Å²) in [4.78, 5) is 13.2. The van der Waals surface area contributed by atoms with Crippen LogP contribution in [0, 0.1) is 23.1 Å². The Labute approximate surface area is 124 Å². The van der Waals surface area contributed by atoms with Crippen LogP contribution in [0.2, 0.25) is 0 Å². The van der Waals surface area contributed by atoms with Gasteiger partial charge < -0.3 is 5.32 Å². The predicted molar refractivity (Wildman–Crippen MR) is 77.8 cm³/mol. The predicted octanol–water partition coefficient (Wildman–Crippen LogP) is 2.05. The first-order valence-electron chi connectivity index (χ1n) is 7.24. The van der Waals surface area contributed by atoms with Crippen LogP contribution in [0.15, 0.2) is 18.2 Å². The van der Waals surface area contributed by atoms with Crippen molar-refractivity contribution in [3.05, 3.63) is 35.1 Å². The quantitative estimate of drug-likeness (QED) is 0.923. The highest BCUT2D eigenvalue weighted by Crippen LogP contribution is 2.19. The summed E-state index contributed by atoms with van der Waals surface area (Å²) in [5, 5.41) is 11.7. The first kappa shape index (κ1) is 15.5. The molecule has 2 rings (SSSR count). The molecule has 5 heteroatoms. The van der Waals surface area contributed by atoms with Crippen molar-refractivity contribution >= 4 is 5.91 Å². The van der Waals surface area contributed by atoms with Gasteiger partial charge in [0.1, 0.15) is 11.9 Å². The monoisotopic (exact) mass is 289 g/mol. The van der Waals surface area contributed by atoms with Crippen LogP contribution in [0.1, 0.15) is 30.9 Å². The summed E-state index contributed by atoms with van der Waals surface area (Å²) in [7, 11) is 0. The topological polar surface area (TPSA) is 56.1 Å². The Morgan fingerprint density at radius 2 is 2.19 bits per heavy atom. The minimum atomic E-state index is -0.463. The zero-order chi connectivity index (χ0) is 15.2. The van der Waals surface area contributed by atoms with Crippen LogP contribution in [0.4, 0.5) is 4.39 Å². The summed E-state index contributed by atoms with van der Waals surface area (Å²) in [6, 6.07) is 6.59. The van der Waals surface area contributed by atoms with Crippen LogP contribution < -0.4 is 5.32 Å². The van der Waals surface area contributed by atoms with Gasteiger partial charge in [-0.05, 0) is 49.5 Å². The number of amides is 1. The standard InChI is InChI=1S/C16H20FN3O/c1-12(21)19-10-13-4-6-20(7-5-13)11-14-2-3-16(17)15(8-14)9-18/h2-3,8,13H,4-7,10-11H2,1H3,(H,19,21). The normalized spacial score (nSPS) is 16.4. The molecule has 112 valence electrons. The van der Waals surface area contributed by atoms with E-state index in [-0.39, 0.29) is 11.5 Å². The Bertz CT molecular complexity index is 545. The van der Waals surface area contributed by atoms with Crippen molar-refractivity contribution in [2.75, 3.05) is 19.6 Å². The molecule has 1 fully saturated rings. The zero-order valence-electron chi connectivity index (χ0n) is 12.2. The molecule has 21 heavy (non-hydrogen) atoms. The Morgan fingerprint density at radius 3 is 2.81 bits per heavy atom. The van der Waals surface area contributed by atoms with Crippen LogP contribution in [0.25, 0.3) is 0 Å². The van der Waals surface area contributed by atoms with Crippen molar-refractivity contribution in [1.82, 2.24) is 10.2 Å². The Hall–Kier alpha value is -1.93. The number of piperidine rings is 1. The van der Waals surface area contributed by atoms with Crippen LogP contribution in [0.3, 0.4) is 0 Å². The number of benzene rings is 1. The van der Waals surface area contributed by atoms with Gasteiger partial charge >= 0.3 is 0 Å². The molecule has 1 saturated heterocycles. The van der Waals surface area contributed by atoms with Crippen LogP contribution in [-0.2, 0) is 11.3 Å². The van der Waals surface area contributed by atoms with Gasteiger partial charge in [0.05, 0.1) is 5.56 Å². The van der Waals surface area contributed by atoms with E-state index in [1.165, 1.54) is 13.0 Å².